The van der Waals surface area contributed by atoms with Crippen molar-refractivity contribution in [1.29, 1.82) is 0 Å². The number of hydrogen-bond acceptors (Lipinski definition) is 4. The predicted molar refractivity (Wildman–Crippen MR) is 56.7 cm³/mol. The molecule has 1 atom stereocenters. The molecule has 0 aliphatic rings. The van der Waals surface area contributed by atoms with Crippen molar-refractivity contribution in [3.8, 4) is 5.75 Å². The van der Waals surface area contributed by atoms with Gasteiger partial charge in [0.05, 0.1) is 14.2 Å². The van der Waals surface area contributed by atoms with Crippen molar-refractivity contribution in [2.75, 3.05) is 20.5 Å². The van der Waals surface area contributed by atoms with Gasteiger partial charge in [-0.25, -0.2) is 4.79 Å². The fourth-order valence-corrected chi connectivity index (χ4v) is 1.68. The summed E-state index contributed by atoms with van der Waals surface area (Å²) in [6.45, 7) is 0. The van der Waals surface area contributed by atoms with Gasteiger partial charge in [-0.05, 0) is 18.2 Å². The Hall–Kier alpha value is -1.36. The van der Waals surface area contributed by atoms with E-state index in [1.165, 1.54) is 20.3 Å². The fraction of sp³-hybridized carbons (Fsp3) is 0.300. The van der Waals surface area contributed by atoms with Crippen molar-refractivity contribution >= 4 is 16.8 Å². The second-order valence-corrected chi connectivity index (χ2v) is 4.19. The molecule has 1 aromatic carbocycles. The molecular weight excluding hydrogens is 216 g/mol. The van der Waals surface area contributed by atoms with Crippen molar-refractivity contribution < 1.29 is 18.5 Å². The fourth-order valence-electron chi connectivity index (χ4n) is 1.14. The van der Waals surface area contributed by atoms with Gasteiger partial charge in [0.2, 0.25) is 0 Å². The highest BCUT2D eigenvalue weighted by molar-refractivity contribution is 7.84. The minimum Gasteiger partial charge on any atom is -0.496 e. The minimum atomic E-state index is -1.13. The minimum absolute atomic E-state index is 0.285. The van der Waals surface area contributed by atoms with E-state index in [0.717, 1.165) is 0 Å². The molecule has 0 N–H and O–H groups in total. The number of rotatable bonds is 3. The smallest absolute Gasteiger partial charge is 0.341 e. The van der Waals surface area contributed by atoms with Gasteiger partial charge in [-0.3, -0.25) is 4.21 Å². The quantitative estimate of drug-likeness (QED) is 0.730. The molecule has 0 aromatic heterocycles. The molecule has 1 unspecified atom stereocenters. The largest absolute Gasteiger partial charge is 0.496 e. The molecule has 0 aliphatic carbocycles. The van der Waals surface area contributed by atoms with Crippen LogP contribution < -0.4 is 4.74 Å². The lowest BCUT2D eigenvalue weighted by Gasteiger charge is -2.07. The monoisotopic (exact) mass is 228 g/mol. The maximum absolute atomic E-state index is 11.4. The van der Waals surface area contributed by atoms with Gasteiger partial charge >= 0.3 is 5.97 Å². The number of carbonyl (C=O) groups excluding carboxylic acids is 1. The molecule has 15 heavy (non-hydrogen) atoms. The first-order valence-corrected chi connectivity index (χ1v) is 5.75. The number of benzene rings is 1. The maximum atomic E-state index is 11.4. The van der Waals surface area contributed by atoms with E-state index in [4.69, 9.17) is 4.74 Å². The zero-order chi connectivity index (χ0) is 11.4. The van der Waals surface area contributed by atoms with E-state index >= 15 is 0 Å². The van der Waals surface area contributed by atoms with Gasteiger partial charge in [0.15, 0.2) is 0 Å². The van der Waals surface area contributed by atoms with Crippen LogP contribution in [0.25, 0.3) is 0 Å². The van der Waals surface area contributed by atoms with E-state index in [1.54, 1.807) is 18.4 Å². The highest BCUT2D eigenvalue weighted by Crippen LogP contribution is 2.21. The molecule has 82 valence electrons. The molecule has 0 saturated heterocycles. The van der Waals surface area contributed by atoms with Crippen LogP contribution in [0.1, 0.15) is 10.4 Å². The molecule has 0 bridgehead atoms. The molecule has 5 heteroatoms. The standard InChI is InChI=1S/C10H12O4S/c1-13-9-5-4-7(15(3)12)6-8(9)10(11)14-2/h4-6H,1-3H3. The third kappa shape index (κ3) is 2.56. The molecule has 0 spiro atoms. The molecule has 0 aliphatic heterocycles. The van der Waals surface area contributed by atoms with Gasteiger partial charge in [-0.2, -0.15) is 0 Å². The summed E-state index contributed by atoms with van der Waals surface area (Å²) >= 11 is 0. The predicted octanol–water partition coefficient (Wildman–Crippen LogP) is 1.22. The molecule has 1 aromatic rings. The molecule has 0 fully saturated rings. The number of ether oxygens (including phenoxy) is 2. The van der Waals surface area contributed by atoms with E-state index in [9.17, 15) is 9.00 Å². The summed E-state index contributed by atoms with van der Waals surface area (Å²) in [5.41, 5.74) is 0.285. The van der Waals surface area contributed by atoms with Gasteiger partial charge in [-0.15, -0.1) is 0 Å². The Morgan fingerprint density at radius 1 is 1.33 bits per heavy atom. The molecule has 0 radical (unpaired) electrons. The van der Waals surface area contributed by atoms with Crippen LogP contribution in [-0.2, 0) is 15.5 Å². The first-order chi connectivity index (χ1) is 7.10. The Morgan fingerprint density at radius 2 is 2.00 bits per heavy atom. The summed E-state index contributed by atoms with van der Waals surface area (Å²) in [6, 6.07) is 4.77. The van der Waals surface area contributed by atoms with Gasteiger partial charge in [0, 0.05) is 22.0 Å². The average Bonchev–Trinajstić information content (AvgIpc) is 2.27. The number of methoxy groups -OCH3 is 2. The van der Waals surface area contributed by atoms with E-state index in [2.05, 4.69) is 4.74 Å². The van der Waals surface area contributed by atoms with Crippen molar-refractivity contribution in [3.05, 3.63) is 23.8 Å². The second-order valence-electron chi connectivity index (χ2n) is 2.81. The van der Waals surface area contributed by atoms with Crippen LogP contribution in [0.5, 0.6) is 5.75 Å². The van der Waals surface area contributed by atoms with Crippen LogP contribution in [0.2, 0.25) is 0 Å². The van der Waals surface area contributed by atoms with E-state index in [1.807, 2.05) is 0 Å². The highest BCUT2D eigenvalue weighted by Gasteiger charge is 2.14. The van der Waals surface area contributed by atoms with Crippen molar-refractivity contribution in [3.63, 3.8) is 0 Å². The Morgan fingerprint density at radius 3 is 2.47 bits per heavy atom. The number of esters is 1. The van der Waals surface area contributed by atoms with Crippen LogP contribution in [0.15, 0.2) is 23.1 Å². The summed E-state index contributed by atoms with van der Waals surface area (Å²) in [5, 5.41) is 0. The highest BCUT2D eigenvalue weighted by atomic mass is 32.2. The van der Waals surface area contributed by atoms with Gasteiger partial charge in [0.1, 0.15) is 11.3 Å². The second kappa shape index (κ2) is 4.93. The average molecular weight is 228 g/mol. The molecule has 0 amide bonds. The SMILES string of the molecule is COC(=O)c1cc(S(C)=O)ccc1OC. The third-order valence-electron chi connectivity index (χ3n) is 1.91. The summed E-state index contributed by atoms with van der Waals surface area (Å²) in [4.78, 5) is 11.9. The Balaban J connectivity index is 3.25. The molecule has 0 saturated carbocycles. The van der Waals surface area contributed by atoms with Gasteiger partial charge < -0.3 is 9.47 Å². The van der Waals surface area contributed by atoms with Gasteiger partial charge in [-0.1, -0.05) is 0 Å². The summed E-state index contributed by atoms with van der Waals surface area (Å²) in [7, 11) is 1.62. The third-order valence-corrected chi connectivity index (χ3v) is 2.83. The normalized spacial score (nSPS) is 11.9. The molecule has 1 rings (SSSR count). The van der Waals surface area contributed by atoms with Crippen molar-refractivity contribution in [1.82, 2.24) is 0 Å². The number of hydrogen-bond donors (Lipinski definition) is 0. The van der Waals surface area contributed by atoms with Crippen LogP contribution >= 0.6 is 0 Å². The Labute approximate surface area is 90.7 Å². The summed E-state index contributed by atoms with van der Waals surface area (Å²) in [5.74, 6) is -0.0878. The van der Waals surface area contributed by atoms with Gasteiger partial charge in [0.25, 0.3) is 0 Å². The van der Waals surface area contributed by atoms with Crippen LogP contribution in [0.4, 0.5) is 0 Å². The molecular formula is C10H12O4S. The van der Waals surface area contributed by atoms with Crippen LogP contribution in [0.3, 0.4) is 0 Å². The lowest BCUT2D eigenvalue weighted by Crippen LogP contribution is -2.05. The lowest BCUT2D eigenvalue weighted by molar-refractivity contribution is 0.0597. The van der Waals surface area contributed by atoms with E-state index in [0.29, 0.717) is 10.6 Å². The van der Waals surface area contributed by atoms with E-state index < -0.39 is 16.8 Å². The van der Waals surface area contributed by atoms with E-state index in [-0.39, 0.29) is 5.56 Å². The first-order valence-electron chi connectivity index (χ1n) is 4.20. The van der Waals surface area contributed by atoms with Crippen LogP contribution in [0, 0.1) is 0 Å². The van der Waals surface area contributed by atoms with Crippen molar-refractivity contribution in [2.45, 2.75) is 4.90 Å². The number of carbonyl (C=O) groups is 1. The maximum Gasteiger partial charge on any atom is 0.341 e. The zero-order valence-corrected chi connectivity index (χ0v) is 9.59. The lowest BCUT2D eigenvalue weighted by atomic mass is 10.2. The van der Waals surface area contributed by atoms with Crippen molar-refractivity contribution in [2.24, 2.45) is 0 Å². The Bertz CT molecular complexity index is 400. The topological polar surface area (TPSA) is 52.6 Å². The molecule has 0 heterocycles. The first kappa shape index (κ1) is 11.7. The summed E-state index contributed by atoms with van der Waals surface area (Å²) in [6.07, 6.45) is 1.54. The molecule has 4 nitrogen and oxygen atoms in total. The Kier molecular flexibility index (Phi) is 3.85. The summed E-state index contributed by atoms with van der Waals surface area (Å²) < 4.78 is 20.8. The van der Waals surface area contributed by atoms with Crippen LogP contribution in [-0.4, -0.2) is 30.7 Å². The zero-order valence-electron chi connectivity index (χ0n) is 8.77.